The summed E-state index contributed by atoms with van der Waals surface area (Å²) in [7, 11) is -1.93. The highest BCUT2D eigenvalue weighted by Gasteiger charge is 2.33. The molecule has 0 saturated carbocycles. The van der Waals surface area contributed by atoms with E-state index >= 15 is 0 Å². The first kappa shape index (κ1) is 16.9. The average molecular weight is 330 g/mol. The zero-order valence-electron chi connectivity index (χ0n) is 12.5. The van der Waals surface area contributed by atoms with Crippen LogP contribution >= 0.6 is 0 Å². The lowest BCUT2D eigenvalue weighted by Crippen LogP contribution is -2.50. The molecule has 0 aliphatic carbocycles. The van der Waals surface area contributed by atoms with Crippen LogP contribution in [0.25, 0.3) is 0 Å². The molecule has 22 heavy (non-hydrogen) atoms. The third kappa shape index (κ3) is 3.82. The molecule has 0 radical (unpaired) electrons. The number of benzene rings is 1. The van der Waals surface area contributed by atoms with Crippen LogP contribution < -0.4 is 0 Å². The average Bonchev–Trinajstić information content (AvgIpc) is 2.49. The van der Waals surface area contributed by atoms with Crippen LogP contribution in [-0.2, 0) is 19.6 Å². The van der Waals surface area contributed by atoms with Crippen LogP contribution in [0.3, 0.4) is 0 Å². The Labute approximate surface area is 129 Å². The normalized spacial score (nSPS) is 18.9. The van der Waals surface area contributed by atoms with Gasteiger partial charge in [0.05, 0.1) is 13.4 Å². The molecule has 1 aliphatic heterocycles. The number of nitrogens with zero attached hydrogens (tertiary/aromatic N) is 2. The zero-order chi connectivity index (χ0) is 16.3. The molecule has 0 amide bonds. The number of rotatable bonds is 4. The number of hydrogen-bond donors (Lipinski definition) is 0. The fraction of sp³-hybridized carbons (Fsp3) is 0.500. The molecule has 122 valence electrons. The predicted molar refractivity (Wildman–Crippen MR) is 79.1 cm³/mol. The molecule has 6 nitrogen and oxygen atoms in total. The van der Waals surface area contributed by atoms with E-state index in [0.29, 0.717) is 31.7 Å². The van der Waals surface area contributed by atoms with Crippen molar-refractivity contribution in [3.63, 3.8) is 0 Å². The second kappa shape index (κ2) is 6.72. The lowest BCUT2D eigenvalue weighted by Gasteiger charge is -2.37. The maximum atomic E-state index is 13.1. The summed E-state index contributed by atoms with van der Waals surface area (Å²) in [5, 5.41) is 0. The number of piperazine rings is 1. The number of methoxy groups -OCH3 is 1. The zero-order valence-corrected chi connectivity index (χ0v) is 13.3. The molecule has 8 heteroatoms. The van der Waals surface area contributed by atoms with Crippen LogP contribution in [0.4, 0.5) is 4.39 Å². The summed E-state index contributed by atoms with van der Waals surface area (Å²) in [5.74, 6) is -0.825. The summed E-state index contributed by atoms with van der Waals surface area (Å²) in [5.41, 5.74) is 0.626. The smallest absolute Gasteiger partial charge is 0.327 e. The minimum Gasteiger partial charge on any atom is -0.468 e. The number of halogens is 1. The van der Waals surface area contributed by atoms with Crippen LogP contribution in [0.5, 0.6) is 0 Å². The van der Waals surface area contributed by atoms with Crippen LogP contribution in [0.15, 0.2) is 24.3 Å². The Morgan fingerprint density at radius 1 is 1.18 bits per heavy atom. The quantitative estimate of drug-likeness (QED) is 0.757. The van der Waals surface area contributed by atoms with Gasteiger partial charge in [-0.15, -0.1) is 0 Å². The molecule has 0 spiro atoms. The third-order valence-electron chi connectivity index (χ3n) is 3.72. The van der Waals surface area contributed by atoms with Crippen molar-refractivity contribution in [3.05, 3.63) is 35.6 Å². The largest absolute Gasteiger partial charge is 0.468 e. The first-order valence-electron chi connectivity index (χ1n) is 6.85. The van der Waals surface area contributed by atoms with E-state index in [4.69, 9.17) is 4.74 Å². The molecule has 0 aromatic heterocycles. The van der Waals surface area contributed by atoms with Crippen LogP contribution in [0, 0.1) is 5.82 Å². The number of esters is 1. The van der Waals surface area contributed by atoms with Crippen molar-refractivity contribution < 1.29 is 22.3 Å². The van der Waals surface area contributed by atoms with E-state index in [2.05, 4.69) is 0 Å². The Balaban J connectivity index is 2.18. The minimum atomic E-state index is -3.23. The monoisotopic (exact) mass is 330 g/mol. The molecule has 0 bridgehead atoms. The van der Waals surface area contributed by atoms with Crippen molar-refractivity contribution in [2.75, 3.05) is 39.5 Å². The Morgan fingerprint density at radius 2 is 1.73 bits per heavy atom. The Kier molecular flexibility index (Phi) is 5.15. The van der Waals surface area contributed by atoms with Crippen molar-refractivity contribution in [3.8, 4) is 0 Å². The highest BCUT2D eigenvalue weighted by atomic mass is 32.2. The minimum absolute atomic E-state index is 0.313. The fourth-order valence-corrected chi connectivity index (χ4v) is 3.37. The van der Waals surface area contributed by atoms with Crippen molar-refractivity contribution in [2.24, 2.45) is 0 Å². The second-order valence-electron chi connectivity index (χ2n) is 5.18. The van der Waals surface area contributed by atoms with E-state index in [-0.39, 0.29) is 5.82 Å². The fourth-order valence-electron chi connectivity index (χ4n) is 2.55. The molecule has 1 heterocycles. The molecule has 0 N–H and O–H groups in total. The molecular weight excluding hydrogens is 311 g/mol. The van der Waals surface area contributed by atoms with Gasteiger partial charge in [-0.1, -0.05) is 12.1 Å². The van der Waals surface area contributed by atoms with Crippen molar-refractivity contribution in [1.29, 1.82) is 0 Å². The highest BCUT2D eigenvalue weighted by molar-refractivity contribution is 7.88. The molecular formula is C14H19FN2O4S. The van der Waals surface area contributed by atoms with Gasteiger partial charge in [0.1, 0.15) is 11.9 Å². The maximum absolute atomic E-state index is 13.1. The van der Waals surface area contributed by atoms with E-state index in [9.17, 15) is 17.6 Å². The van der Waals surface area contributed by atoms with Crippen molar-refractivity contribution >= 4 is 16.0 Å². The Morgan fingerprint density at radius 3 is 2.18 bits per heavy atom. The molecule has 1 saturated heterocycles. The van der Waals surface area contributed by atoms with Gasteiger partial charge < -0.3 is 4.74 Å². The van der Waals surface area contributed by atoms with E-state index < -0.39 is 22.0 Å². The van der Waals surface area contributed by atoms with E-state index in [1.54, 1.807) is 12.1 Å². The SMILES string of the molecule is COC(=O)[C@@H](c1ccc(F)cc1)N1CCN(S(C)(=O)=O)CC1. The lowest BCUT2D eigenvalue weighted by atomic mass is 10.0. The lowest BCUT2D eigenvalue weighted by molar-refractivity contribution is -0.147. The van der Waals surface area contributed by atoms with Gasteiger partial charge in [-0.25, -0.2) is 17.6 Å². The molecule has 1 atom stereocenters. The maximum Gasteiger partial charge on any atom is 0.327 e. The van der Waals surface area contributed by atoms with E-state index in [1.807, 2.05) is 4.90 Å². The van der Waals surface area contributed by atoms with Crippen LogP contribution in [0.2, 0.25) is 0 Å². The number of sulfonamides is 1. The molecule has 0 unspecified atom stereocenters. The molecule has 1 aromatic rings. The number of ether oxygens (including phenoxy) is 1. The number of hydrogen-bond acceptors (Lipinski definition) is 5. The second-order valence-corrected chi connectivity index (χ2v) is 7.16. The summed E-state index contributed by atoms with van der Waals surface area (Å²) < 4.78 is 42.3. The summed E-state index contributed by atoms with van der Waals surface area (Å²) in [6.45, 7) is 1.44. The van der Waals surface area contributed by atoms with Gasteiger partial charge in [-0.3, -0.25) is 4.90 Å². The van der Waals surface area contributed by atoms with Crippen LogP contribution in [0.1, 0.15) is 11.6 Å². The standard InChI is InChI=1S/C14H19FN2O4S/c1-21-14(18)13(11-3-5-12(15)6-4-11)16-7-9-17(10-8-16)22(2,19)20/h3-6,13H,7-10H2,1-2H3/t13-/m1/s1. The van der Waals surface area contributed by atoms with Gasteiger partial charge in [0.25, 0.3) is 0 Å². The molecule has 1 aliphatic rings. The highest BCUT2D eigenvalue weighted by Crippen LogP contribution is 2.24. The number of carbonyl (C=O) groups excluding carboxylic acids is 1. The molecule has 1 aromatic carbocycles. The summed E-state index contributed by atoms with van der Waals surface area (Å²) >= 11 is 0. The van der Waals surface area contributed by atoms with E-state index in [1.165, 1.54) is 29.8 Å². The van der Waals surface area contributed by atoms with Gasteiger partial charge >= 0.3 is 5.97 Å². The van der Waals surface area contributed by atoms with Gasteiger partial charge in [0, 0.05) is 26.2 Å². The first-order chi connectivity index (χ1) is 10.3. The van der Waals surface area contributed by atoms with Crippen molar-refractivity contribution in [1.82, 2.24) is 9.21 Å². The summed E-state index contributed by atoms with van der Waals surface area (Å²) in [6, 6.07) is 5.00. The summed E-state index contributed by atoms with van der Waals surface area (Å²) in [6.07, 6.45) is 1.17. The first-order valence-corrected chi connectivity index (χ1v) is 8.70. The van der Waals surface area contributed by atoms with Gasteiger partial charge in [0.2, 0.25) is 10.0 Å². The number of carbonyl (C=O) groups is 1. The van der Waals surface area contributed by atoms with Gasteiger partial charge in [-0.2, -0.15) is 4.31 Å². The van der Waals surface area contributed by atoms with Crippen LogP contribution in [-0.4, -0.2) is 63.1 Å². The topological polar surface area (TPSA) is 66.9 Å². The van der Waals surface area contributed by atoms with Gasteiger partial charge in [-0.05, 0) is 17.7 Å². The summed E-state index contributed by atoms with van der Waals surface area (Å²) in [4.78, 5) is 13.9. The van der Waals surface area contributed by atoms with Crippen molar-refractivity contribution in [2.45, 2.75) is 6.04 Å². The third-order valence-corrected chi connectivity index (χ3v) is 5.02. The molecule has 1 fully saturated rings. The predicted octanol–water partition coefficient (Wildman–Crippen LogP) is 0.617. The Bertz CT molecular complexity index is 625. The molecule has 2 rings (SSSR count). The Hall–Kier alpha value is -1.51. The van der Waals surface area contributed by atoms with E-state index in [0.717, 1.165) is 0 Å². The van der Waals surface area contributed by atoms with Gasteiger partial charge in [0.15, 0.2) is 0 Å².